The highest BCUT2D eigenvalue weighted by Crippen LogP contribution is 2.31. The summed E-state index contributed by atoms with van der Waals surface area (Å²) < 4.78 is 2.44. The van der Waals surface area contributed by atoms with Crippen molar-refractivity contribution in [3.8, 4) is 0 Å². The van der Waals surface area contributed by atoms with Crippen molar-refractivity contribution >= 4 is 31.8 Å². The molecule has 6 heteroatoms. The van der Waals surface area contributed by atoms with Gasteiger partial charge in [0.2, 0.25) is 0 Å². The molecular formula is C17H20N4OS. The Bertz CT molecular complexity index is 906. The van der Waals surface area contributed by atoms with Crippen LogP contribution < -0.4 is 10.6 Å². The lowest BCUT2D eigenvalue weighted by Crippen LogP contribution is -2.42. The number of pyridine rings is 1. The second kappa shape index (κ2) is 5.92. The van der Waals surface area contributed by atoms with Crippen LogP contribution in [0.5, 0.6) is 0 Å². The van der Waals surface area contributed by atoms with Crippen LogP contribution in [0.3, 0.4) is 0 Å². The molecule has 4 heterocycles. The lowest BCUT2D eigenvalue weighted by molar-refractivity contribution is 0.569. The Morgan fingerprint density at radius 2 is 1.96 bits per heavy atom. The molecule has 23 heavy (non-hydrogen) atoms. The molecule has 0 aliphatic carbocycles. The molecule has 1 fully saturated rings. The molecule has 1 aliphatic rings. The van der Waals surface area contributed by atoms with Crippen molar-refractivity contribution in [1.82, 2.24) is 14.6 Å². The van der Waals surface area contributed by atoms with Crippen molar-refractivity contribution in [2.75, 3.05) is 18.1 Å². The van der Waals surface area contributed by atoms with Gasteiger partial charge in [0, 0.05) is 24.7 Å². The highest BCUT2D eigenvalue weighted by Gasteiger charge is 2.17. The third-order valence-corrected chi connectivity index (χ3v) is 5.69. The summed E-state index contributed by atoms with van der Waals surface area (Å²) in [4.78, 5) is 23.0. The molecule has 1 saturated heterocycles. The highest BCUT2D eigenvalue weighted by atomic mass is 32.1. The Hall–Kier alpha value is -1.95. The molecule has 0 radical (unpaired) electrons. The first-order valence-corrected chi connectivity index (χ1v) is 9.14. The largest absolute Gasteiger partial charge is 0.309 e. The average molecular weight is 328 g/mol. The van der Waals surface area contributed by atoms with Crippen molar-refractivity contribution in [3.63, 3.8) is 0 Å². The molecule has 0 saturated carbocycles. The molecule has 0 bridgehead atoms. The minimum Gasteiger partial charge on any atom is -0.309 e. The molecule has 0 amide bonds. The Kier molecular flexibility index (Phi) is 3.77. The van der Waals surface area contributed by atoms with E-state index in [0.717, 1.165) is 52.8 Å². The summed E-state index contributed by atoms with van der Waals surface area (Å²) in [5, 5.41) is 3.19. The van der Waals surface area contributed by atoms with Crippen LogP contribution in [0.1, 0.15) is 38.2 Å². The Balaban J connectivity index is 1.91. The van der Waals surface area contributed by atoms with Crippen LogP contribution in [0, 0.1) is 0 Å². The summed E-state index contributed by atoms with van der Waals surface area (Å²) in [7, 11) is 0. The fourth-order valence-corrected chi connectivity index (χ4v) is 4.44. The van der Waals surface area contributed by atoms with Crippen molar-refractivity contribution in [3.05, 3.63) is 34.5 Å². The number of thiophene rings is 1. The monoisotopic (exact) mass is 328 g/mol. The van der Waals surface area contributed by atoms with Crippen LogP contribution in [0.4, 0.5) is 0 Å². The molecule has 0 unspecified atom stereocenters. The van der Waals surface area contributed by atoms with Crippen molar-refractivity contribution in [2.45, 2.75) is 39.0 Å². The minimum absolute atomic E-state index is 0.0435. The van der Waals surface area contributed by atoms with Gasteiger partial charge in [-0.3, -0.25) is 4.79 Å². The van der Waals surface area contributed by atoms with Gasteiger partial charge in [-0.25, -0.2) is 14.6 Å². The molecule has 120 valence electrons. The third-order valence-electron chi connectivity index (χ3n) is 4.62. The van der Waals surface area contributed by atoms with E-state index >= 15 is 0 Å². The summed E-state index contributed by atoms with van der Waals surface area (Å²) in [5.41, 5.74) is 2.06. The van der Waals surface area contributed by atoms with E-state index in [1.54, 1.807) is 11.0 Å². The zero-order valence-corrected chi connectivity index (χ0v) is 14.1. The maximum atomic E-state index is 13.0. The number of hydrogen-bond donors (Lipinski definition) is 0. The smallest absolute Gasteiger partial charge is 0.290 e. The van der Waals surface area contributed by atoms with Crippen molar-refractivity contribution in [2.24, 2.45) is 0 Å². The number of hydrogen-bond acceptors (Lipinski definition) is 5. The minimum atomic E-state index is 0.0435. The molecule has 4 rings (SSSR count). The van der Waals surface area contributed by atoms with E-state index in [9.17, 15) is 4.79 Å². The Labute approximate surface area is 138 Å². The highest BCUT2D eigenvalue weighted by molar-refractivity contribution is 7.25. The molecular weight excluding hydrogens is 308 g/mol. The molecule has 1 aliphatic heterocycles. The summed E-state index contributed by atoms with van der Waals surface area (Å²) in [5.74, 6) is 0. The second-order valence-electron chi connectivity index (χ2n) is 6.05. The second-order valence-corrected chi connectivity index (χ2v) is 7.04. The quantitative estimate of drug-likeness (QED) is 0.725. The van der Waals surface area contributed by atoms with Crippen LogP contribution in [0.25, 0.3) is 20.4 Å². The zero-order valence-electron chi connectivity index (χ0n) is 13.3. The fourth-order valence-electron chi connectivity index (χ4n) is 3.37. The normalized spacial score (nSPS) is 16.1. The Morgan fingerprint density at radius 3 is 2.70 bits per heavy atom. The van der Waals surface area contributed by atoms with Crippen LogP contribution in [0.15, 0.2) is 23.4 Å². The first-order valence-electron chi connectivity index (χ1n) is 8.32. The molecule has 5 nitrogen and oxygen atoms in total. The summed E-state index contributed by atoms with van der Waals surface area (Å²) in [6, 6.07) is 2.02. The Morgan fingerprint density at radius 1 is 1.17 bits per heavy atom. The molecule has 0 aromatic carbocycles. The molecule has 3 aromatic rings. The lowest BCUT2D eigenvalue weighted by Gasteiger charge is -2.23. The molecule has 0 spiro atoms. The zero-order chi connectivity index (χ0) is 15.8. The number of rotatable bonds is 2. The summed E-state index contributed by atoms with van der Waals surface area (Å²) >= 11 is 1.47. The first kappa shape index (κ1) is 14.6. The van der Waals surface area contributed by atoms with Gasteiger partial charge in [-0.1, -0.05) is 19.8 Å². The van der Waals surface area contributed by atoms with Gasteiger partial charge in [-0.15, -0.1) is 11.3 Å². The van der Waals surface area contributed by atoms with E-state index in [0.29, 0.717) is 0 Å². The van der Waals surface area contributed by atoms with E-state index in [1.165, 1.54) is 29.7 Å². The van der Waals surface area contributed by atoms with E-state index in [4.69, 9.17) is 0 Å². The van der Waals surface area contributed by atoms with Crippen LogP contribution in [0.2, 0.25) is 0 Å². The first-order chi connectivity index (χ1) is 11.3. The van der Waals surface area contributed by atoms with Crippen LogP contribution >= 0.6 is 11.3 Å². The third kappa shape index (κ3) is 2.41. The van der Waals surface area contributed by atoms with Crippen LogP contribution in [-0.2, 0) is 6.42 Å². The number of fused-ring (bicyclic) bond motifs is 3. The summed E-state index contributed by atoms with van der Waals surface area (Å²) in [6.45, 7) is 3.98. The molecule has 0 atom stereocenters. The van der Waals surface area contributed by atoms with Crippen molar-refractivity contribution < 1.29 is 0 Å². The van der Waals surface area contributed by atoms with Gasteiger partial charge in [0.05, 0.1) is 5.52 Å². The maximum absolute atomic E-state index is 13.0. The SMILES string of the molecule is CCc1ccnc2sc3c(=O)n(N4CCCCCC4)cnc3c12. The van der Waals surface area contributed by atoms with Gasteiger partial charge in [0.25, 0.3) is 5.56 Å². The van der Waals surface area contributed by atoms with Gasteiger partial charge in [0.15, 0.2) is 0 Å². The predicted molar refractivity (Wildman–Crippen MR) is 95.0 cm³/mol. The summed E-state index contributed by atoms with van der Waals surface area (Å²) in [6.07, 6.45) is 9.21. The maximum Gasteiger partial charge on any atom is 0.290 e. The van der Waals surface area contributed by atoms with Gasteiger partial charge in [0.1, 0.15) is 15.9 Å². The standard InChI is InChI=1S/C17H20N4OS/c1-2-12-7-8-18-16-13(12)14-15(23-16)17(22)21(11-19-14)20-9-5-3-4-6-10-20/h7-8,11H,2-6,9-10H2,1H3. The van der Waals surface area contributed by atoms with Gasteiger partial charge in [-0.05, 0) is 30.9 Å². The van der Waals surface area contributed by atoms with Gasteiger partial charge in [-0.2, -0.15) is 0 Å². The topological polar surface area (TPSA) is 51.0 Å². The fraction of sp³-hybridized carbons (Fsp3) is 0.471. The van der Waals surface area contributed by atoms with E-state index in [-0.39, 0.29) is 5.56 Å². The van der Waals surface area contributed by atoms with Crippen LogP contribution in [-0.4, -0.2) is 27.7 Å². The predicted octanol–water partition coefficient (Wildman–Crippen LogP) is 3.08. The molecule has 3 aromatic heterocycles. The lowest BCUT2D eigenvalue weighted by atomic mass is 10.1. The molecule has 0 N–H and O–H groups in total. The average Bonchev–Trinajstić information content (AvgIpc) is 2.77. The van der Waals surface area contributed by atoms with E-state index < -0.39 is 0 Å². The van der Waals surface area contributed by atoms with Gasteiger partial charge < -0.3 is 5.01 Å². The van der Waals surface area contributed by atoms with E-state index in [2.05, 4.69) is 21.9 Å². The number of aromatic nitrogens is 3. The van der Waals surface area contributed by atoms with Crippen molar-refractivity contribution in [1.29, 1.82) is 0 Å². The van der Waals surface area contributed by atoms with E-state index in [1.807, 2.05) is 12.3 Å². The van der Waals surface area contributed by atoms with Gasteiger partial charge >= 0.3 is 0 Å². The number of aryl methyl sites for hydroxylation is 1. The number of nitrogens with zero attached hydrogens (tertiary/aromatic N) is 4.